The smallest absolute Gasteiger partial charge is 0.353 e. The Morgan fingerprint density at radius 3 is 2.12 bits per heavy atom. The van der Waals surface area contributed by atoms with Crippen LogP contribution < -0.4 is 10.5 Å². The second kappa shape index (κ2) is 8.49. The van der Waals surface area contributed by atoms with Crippen LogP contribution >= 0.6 is 10.7 Å². The lowest BCUT2D eigenvalue weighted by Gasteiger charge is -2.12. The number of ketones is 1. The zero-order chi connectivity index (χ0) is 20.1. The lowest BCUT2D eigenvalue weighted by molar-refractivity contribution is 0.101. The number of nitrogen functional groups attached to an aromatic ring is 1. The van der Waals surface area contributed by atoms with Gasteiger partial charge in [-0.2, -0.15) is 8.42 Å². The van der Waals surface area contributed by atoms with Gasteiger partial charge in [-0.05, 0) is 43.7 Å². The molecule has 0 fully saturated rings. The topological polar surface area (TPSA) is 144 Å². The average molecular weight is 421 g/mol. The first-order valence-corrected chi connectivity index (χ1v) is 10.7. The quantitative estimate of drug-likeness (QED) is 0.298. The zero-order valence-corrected chi connectivity index (χ0v) is 16.2. The molecule has 2 aromatic rings. The van der Waals surface area contributed by atoms with Crippen molar-refractivity contribution < 1.29 is 26.2 Å². The van der Waals surface area contributed by atoms with Crippen molar-refractivity contribution in [2.75, 3.05) is 10.5 Å². The number of carbonyl (C=O) groups is 1. The molecule has 0 atom stereocenters. The minimum atomic E-state index is -4.19. The van der Waals surface area contributed by atoms with Crippen molar-refractivity contribution in [3.05, 3.63) is 53.6 Å². The minimum Gasteiger partial charge on any atom is -0.398 e. The SMILES string of the molecule is CC(=O)c1ccc(S(=O)(=O)Nc2ccccc2C)c(N)c1.O=S(=O)(O)Cl. The number of aryl methyl sites for hydroxylation is 1. The number of nitrogens with two attached hydrogens (primary N) is 1. The van der Waals surface area contributed by atoms with Crippen LogP contribution in [-0.4, -0.2) is 27.2 Å². The summed E-state index contributed by atoms with van der Waals surface area (Å²) >= 11 is 0. The summed E-state index contributed by atoms with van der Waals surface area (Å²) in [5, 5.41) is 0. The summed E-state index contributed by atoms with van der Waals surface area (Å²) in [5.41, 5.74) is 7.49. The third-order valence-corrected chi connectivity index (χ3v) is 4.53. The highest BCUT2D eigenvalue weighted by Gasteiger charge is 2.19. The third kappa shape index (κ3) is 7.00. The molecule has 4 N–H and O–H groups in total. The first-order valence-electron chi connectivity index (χ1n) is 6.97. The molecule has 8 nitrogen and oxygen atoms in total. The number of Topliss-reactive ketones (excluding diaryl/α,β-unsaturated/α-hetero) is 1. The monoisotopic (exact) mass is 420 g/mol. The second-order valence-corrected chi connectivity index (χ2v) is 8.79. The normalized spacial score (nSPS) is 11.2. The van der Waals surface area contributed by atoms with Crippen LogP contribution in [0.15, 0.2) is 47.4 Å². The van der Waals surface area contributed by atoms with E-state index in [9.17, 15) is 13.2 Å². The van der Waals surface area contributed by atoms with Gasteiger partial charge >= 0.3 is 9.33 Å². The van der Waals surface area contributed by atoms with Crippen LogP contribution in [0.4, 0.5) is 11.4 Å². The van der Waals surface area contributed by atoms with E-state index in [-0.39, 0.29) is 16.4 Å². The predicted octanol–water partition coefficient (Wildman–Crippen LogP) is 2.61. The Kier molecular flexibility index (Phi) is 7.16. The standard InChI is InChI=1S/C15H16N2O3S.ClHO3S/c1-10-5-3-4-6-14(10)17-21(19,20)15-8-7-12(11(2)18)9-13(15)16;1-5(2,3)4/h3-9,17H,16H2,1-2H3;(H,2,3,4). The minimum absolute atomic E-state index is 0.0452. The first-order chi connectivity index (χ1) is 11.8. The van der Waals surface area contributed by atoms with Crippen LogP contribution in [0.5, 0.6) is 0 Å². The molecule has 2 rings (SSSR count). The van der Waals surface area contributed by atoms with E-state index in [0.717, 1.165) is 5.56 Å². The first kappa shape index (κ1) is 21.9. The summed E-state index contributed by atoms with van der Waals surface area (Å²) in [6, 6.07) is 11.2. The van der Waals surface area contributed by atoms with E-state index in [1.54, 1.807) is 25.1 Å². The van der Waals surface area contributed by atoms with E-state index in [2.05, 4.69) is 15.4 Å². The number of para-hydroxylation sites is 1. The number of hydrogen-bond donors (Lipinski definition) is 3. The number of carbonyl (C=O) groups excluding carboxylic acids is 1. The maximum atomic E-state index is 12.4. The number of anilines is 2. The Morgan fingerprint density at radius 1 is 1.12 bits per heavy atom. The average Bonchev–Trinajstić information content (AvgIpc) is 2.47. The molecule has 0 amide bonds. The Hall–Kier alpha value is -2.14. The highest BCUT2D eigenvalue weighted by atomic mass is 35.7. The number of rotatable bonds is 4. The highest BCUT2D eigenvalue weighted by Crippen LogP contribution is 2.24. The van der Waals surface area contributed by atoms with Crippen LogP contribution in [-0.2, 0) is 19.4 Å². The molecule has 0 aliphatic rings. The van der Waals surface area contributed by atoms with E-state index >= 15 is 0 Å². The summed E-state index contributed by atoms with van der Waals surface area (Å²) in [4.78, 5) is 11.2. The lowest BCUT2D eigenvalue weighted by Crippen LogP contribution is -2.15. The van der Waals surface area contributed by atoms with E-state index in [1.807, 2.05) is 6.07 Å². The number of hydrogen-bond acceptors (Lipinski definition) is 6. The van der Waals surface area contributed by atoms with Gasteiger partial charge in [0.05, 0.1) is 11.4 Å². The molecule has 0 aromatic heterocycles. The lowest BCUT2D eigenvalue weighted by atomic mass is 10.1. The second-order valence-electron chi connectivity index (χ2n) is 5.14. The molecule has 0 unspecified atom stereocenters. The number of nitrogens with one attached hydrogen (secondary N) is 1. The number of benzene rings is 2. The van der Waals surface area contributed by atoms with Crippen molar-refractivity contribution >= 4 is 47.2 Å². The van der Waals surface area contributed by atoms with Gasteiger partial charge in [-0.25, -0.2) is 8.42 Å². The fourth-order valence-electron chi connectivity index (χ4n) is 1.90. The Balaban J connectivity index is 0.000000597. The van der Waals surface area contributed by atoms with E-state index in [1.165, 1.54) is 25.1 Å². The summed E-state index contributed by atoms with van der Waals surface area (Å²) < 4.78 is 52.4. The van der Waals surface area contributed by atoms with Gasteiger partial charge in [-0.1, -0.05) is 18.2 Å². The molecule has 0 heterocycles. The fourth-order valence-corrected chi connectivity index (χ4v) is 3.14. The maximum absolute atomic E-state index is 12.4. The molecule has 11 heteroatoms. The van der Waals surface area contributed by atoms with Crippen molar-refractivity contribution in [3.8, 4) is 0 Å². The van der Waals surface area contributed by atoms with Crippen LogP contribution in [0.2, 0.25) is 0 Å². The van der Waals surface area contributed by atoms with Gasteiger partial charge in [0.25, 0.3) is 10.0 Å². The van der Waals surface area contributed by atoms with E-state index in [0.29, 0.717) is 11.3 Å². The summed E-state index contributed by atoms with van der Waals surface area (Å²) in [6.07, 6.45) is 0. The van der Waals surface area contributed by atoms with Gasteiger partial charge in [0.15, 0.2) is 5.78 Å². The number of halogens is 1. The molecule has 142 valence electrons. The zero-order valence-electron chi connectivity index (χ0n) is 13.8. The molecular formula is C15H17ClN2O6S2. The maximum Gasteiger partial charge on any atom is 0.353 e. The van der Waals surface area contributed by atoms with Crippen molar-refractivity contribution in [2.24, 2.45) is 0 Å². The highest BCUT2D eigenvalue weighted by molar-refractivity contribution is 8.09. The van der Waals surface area contributed by atoms with Crippen molar-refractivity contribution in [1.29, 1.82) is 0 Å². The van der Waals surface area contributed by atoms with Gasteiger partial charge in [0.1, 0.15) is 4.90 Å². The molecule has 0 aliphatic carbocycles. The molecule has 0 radical (unpaired) electrons. The van der Waals surface area contributed by atoms with Gasteiger partial charge in [0, 0.05) is 16.2 Å². The predicted molar refractivity (Wildman–Crippen MR) is 100 cm³/mol. The van der Waals surface area contributed by atoms with E-state index < -0.39 is 19.4 Å². The molecule has 26 heavy (non-hydrogen) atoms. The molecule has 0 saturated heterocycles. The summed E-state index contributed by atoms with van der Waals surface area (Å²) in [6.45, 7) is 3.20. The van der Waals surface area contributed by atoms with Crippen LogP contribution in [0, 0.1) is 6.92 Å². The van der Waals surface area contributed by atoms with Crippen LogP contribution in [0.3, 0.4) is 0 Å². The molecule has 0 spiro atoms. The van der Waals surface area contributed by atoms with Crippen molar-refractivity contribution in [1.82, 2.24) is 0 Å². The van der Waals surface area contributed by atoms with Crippen molar-refractivity contribution in [3.63, 3.8) is 0 Å². The molecular weight excluding hydrogens is 404 g/mol. The summed E-state index contributed by atoms with van der Waals surface area (Å²) in [7, 11) is -3.93. The van der Waals surface area contributed by atoms with E-state index in [4.69, 9.17) is 18.7 Å². The van der Waals surface area contributed by atoms with Gasteiger partial charge < -0.3 is 5.73 Å². The van der Waals surface area contributed by atoms with Gasteiger partial charge in [-0.3, -0.25) is 14.1 Å². The van der Waals surface area contributed by atoms with Crippen LogP contribution in [0.25, 0.3) is 0 Å². The van der Waals surface area contributed by atoms with Gasteiger partial charge in [-0.15, -0.1) is 0 Å². The Morgan fingerprint density at radius 2 is 1.65 bits per heavy atom. The Bertz CT molecular complexity index is 1010. The molecule has 0 bridgehead atoms. The molecule has 0 aliphatic heterocycles. The molecule has 2 aromatic carbocycles. The third-order valence-electron chi connectivity index (χ3n) is 3.10. The van der Waals surface area contributed by atoms with Crippen molar-refractivity contribution in [2.45, 2.75) is 18.7 Å². The summed E-state index contributed by atoms with van der Waals surface area (Å²) in [5.74, 6) is -0.169. The number of sulfonamides is 1. The Labute approximate surface area is 156 Å². The van der Waals surface area contributed by atoms with Gasteiger partial charge in [0.2, 0.25) is 0 Å². The molecule has 0 saturated carbocycles. The largest absolute Gasteiger partial charge is 0.398 e. The fraction of sp³-hybridized carbons (Fsp3) is 0.133. The van der Waals surface area contributed by atoms with Crippen LogP contribution in [0.1, 0.15) is 22.8 Å².